The predicted octanol–water partition coefficient (Wildman–Crippen LogP) is 1.54. The lowest BCUT2D eigenvalue weighted by Crippen LogP contribution is -2.13. The third-order valence-corrected chi connectivity index (χ3v) is 1.59. The number of benzene rings is 1. The molecule has 2 heteroatoms. The lowest BCUT2D eigenvalue weighted by Gasteiger charge is -1.98. The molecule has 1 aromatic carbocycles. The maximum absolute atomic E-state index is 10.2. The Morgan fingerprint density at radius 2 is 2.00 bits per heavy atom. The van der Waals surface area contributed by atoms with Crippen LogP contribution in [0, 0.1) is 0 Å². The van der Waals surface area contributed by atoms with Crippen LogP contribution in [0.15, 0.2) is 30.3 Å². The van der Waals surface area contributed by atoms with Crippen molar-refractivity contribution in [1.82, 2.24) is 0 Å². The van der Waals surface area contributed by atoms with Crippen LogP contribution in [0.5, 0.6) is 0 Å². The largest absolute Gasteiger partial charge is 0.304 e. The average molecular weight is 145 g/mol. The molecule has 1 aromatic rings. The molecular weight excluding hydrogens is 135 g/mol. The molecule has 0 saturated carbocycles. The standard InChI is InChI=1S/C9H10BO/c1-10(8-11)7-9-5-3-2-4-6-9/h2-6H,7H2,1H3. The highest BCUT2D eigenvalue weighted by atomic mass is 16.1. The SMILES string of the molecule is CB([C]=O)Cc1ccccc1. The molecule has 0 aromatic heterocycles. The van der Waals surface area contributed by atoms with E-state index in [2.05, 4.69) is 0 Å². The fourth-order valence-electron chi connectivity index (χ4n) is 1.01. The Hall–Kier alpha value is -1.05. The number of hydrogen-bond acceptors (Lipinski definition) is 1. The van der Waals surface area contributed by atoms with Gasteiger partial charge in [-0.2, -0.15) is 0 Å². The van der Waals surface area contributed by atoms with Gasteiger partial charge in [-0.15, -0.1) is 0 Å². The molecule has 0 heterocycles. The van der Waals surface area contributed by atoms with Crippen molar-refractivity contribution >= 4 is 12.9 Å². The molecule has 0 saturated heterocycles. The Bertz CT molecular complexity index is 220. The van der Waals surface area contributed by atoms with Crippen molar-refractivity contribution < 1.29 is 4.79 Å². The van der Waals surface area contributed by atoms with Gasteiger partial charge in [0.05, 0.1) is 0 Å². The van der Waals surface area contributed by atoms with Gasteiger partial charge in [0.25, 0.3) is 0 Å². The van der Waals surface area contributed by atoms with Crippen molar-refractivity contribution in [3.05, 3.63) is 35.9 Å². The zero-order chi connectivity index (χ0) is 8.10. The molecule has 1 radical (unpaired) electrons. The van der Waals surface area contributed by atoms with Crippen LogP contribution in [0.4, 0.5) is 0 Å². The van der Waals surface area contributed by atoms with Gasteiger partial charge in [-0.1, -0.05) is 42.7 Å². The normalized spacial score (nSPS) is 9.18. The second kappa shape index (κ2) is 3.96. The van der Waals surface area contributed by atoms with Gasteiger partial charge in [0.15, 0.2) is 0 Å². The van der Waals surface area contributed by atoms with Gasteiger partial charge in [-0.05, 0) is 6.32 Å². The highest BCUT2D eigenvalue weighted by molar-refractivity contribution is 6.82. The molecule has 0 atom stereocenters. The highest BCUT2D eigenvalue weighted by Crippen LogP contribution is 2.00. The van der Waals surface area contributed by atoms with Crippen LogP contribution in [0.25, 0.3) is 0 Å². The minimum Gasteiger partial charge on any atom is -0.304 e. The third-order valence-electron chi connectivity index (χ3n) is 1.59. The molecule has 0 fully saturated rings. The fraction of sp³-hybridized carbons (Fsp3) is 0.222. The van der Waals surface area contributed by atoms with E-state index < -0.39 is 0 Å². The van der Waals surface area contributed by atoms with Crippen LogP contribution in [0.3, 0.4) is 0 Å². The highest BCUT2D eigenvalue weighted by Gasteiger charge is 2.05. The maximum atomic E-state index is 10.2. The van der Waals surface area contributed by atoms with Crippen molar-refractivity contribution in [2.75, 3.05) is 0 Å². The molecule has 0 unspecified atom stereocenters. The number of rotatable bonds is 3. The molecule has 0 spiro atoms. The second-order valence-electron chi connectivity index (χ2n) is 2.71. The van der Waals surface area contributed by atoms with Crippen LogP contribution in [-0.4, -0.2) is 12.9 Å². The molecule has 0 aliphatic carbocycles. The molecule has 0 amide bonds. The Kier molecular flexibility index (Phi) is 2.90. The molecule has 11 heavy (non-hydrogen) atoms. The zero-order valence-electron chi connectivity index (χ0n) is 6.58. The van der Waals surface area contributed by atoms with Crippen molar-refractivity contribution in [1.29, 1.82) is 0 Å². The summed E-state index contributed by atoms with van der Waals surface area (Å²) in [5, 5.41) is 0. The summed E-state index contributed by atoms with van der Waals surface area (Å²) >= 11 is 0. The molecule has 0 aliphatic rings. The summed E-state index contributed by atoms with van der Waals surface area (Å²) < 4.78 is 0. The van der Waals surface area contributed by atoms with Gasteiger partial charge in [0.1, 0.15) is 6.19 Å². The third kappa shape index (κ3) is 2.58. The van der Waals surface area contributed by atoms with Crippen LogP contribution in [-0.2, 0) is 11.1 Å². The van der Waals surface area contributed by atoms with Gasteiger partial charge in [-0.3, -0.25) is 0 Å². The van der Waals surface area contributed by atoms with Crippen molar-refractivity contribution in [2.45, 2.75) is 13.1 Å². The molecule has 0 bridgehead atoms. The van der Waals surface area contributed by atoms with E-state index in [9.17, 15) is 4.79 Å². The van der Waals surface area contributed by atoms with Gasteiger partial charge in [0, 0.05) is 0 Å². The second-order valence-corrected chi connectivity index (χ2v) is 2.71. The van der Waals surface area contributed by atoms with Gasteiger partial charge in [0.2, 0.25) is 6.71 Å². The maximum Gasteiger partial charge on any atom is 0.234 e. The van der Waals surface area contributed by atoms with Gasteiger partial charge < -0.3 is 4.79 Å². The molecule has 1 rings (SSSR count). The average Bonchev–Trinajstić information content (AvgIpc) is 2.06. The summed E-state index contributed by atoms with van der Waals surface area (Å²) in [6, 6.07) is 9.97. The van der Waals surface area contributed by atoms with E-state index in [4.69, 9.17) is 0 Å². The van der Waals surface area contributed by atoms with E-state index in [0.717, 1.165) is 6.32 Å². The van der Waals surface area contributed by atoms with Crippen molar-refractivity contribution in [2.24, 2.45) is 0 Å². The first kappa shape index (κ1) is 8.06. The summed E-state index contributed by atoms with van der Waals surface area (Å²) in [6.07, 6.45) is 2.76. The summed E-state index contributed by atoms with van der Waals surface area (Å²) in [5.74, 6) is 0. The molecule has 0 N–H and O–H groups in total. The predicted molar refractivity (Wildman–Crippen MR) is 47.5 cm³/mol. The van der Waals surface area contributed by atoms with Crippen LogP contribution in [0.2, 0.25) is 6.82 Å². The van der Waals surface area contributed by atoms with E-state index in [-0.39, 0.29) is 6.71 Å². The minimum absolute atomic E-state index is 0.0115. The summed E-state index contributed by atoms with van der Waals surface area (Å²) in [6.45, 7) is 1.89. The Morgan fingerprint density at radius 3 is 2.55 bits per heavy atom. The minimum atomic E-state index is 0.0115. The van der Waals surface area contributed by atoms with Crippen LogP contribution < -0.4 is 0 Å². The van der Waals surface area contributed by atoms with Crippen molar-refractivity contribution in [3.63, 3.8) is 0 Å². The van der Waals surface area contributed by atoms with E-state index in [0.29, 0.717) is 0 Å². The van der Waals surface area contributed by atoms with Crippen LogP contribution in [0.1, 0.15) is 5.56 Å². The molecule has 1 nitrogen and oxygen atoms in total. The van der Waals surface area contributed by atoms with E-state index in [1.807, 2.05) is 43.3 Å². The molecule has 0 aliphatic heterocycles. The van der Waals surface area contributed by atoms with Gasteiger partial charge in [-0.25, -0.2) is 0 Å². The van der Waals surface area contributed by atoms with E-state index in [1.165, 1.54) is 5.56 Å². The topological polar surface area (TPSA) is 17.1 Å². The van der Waals surface area contributed by atoms with E-state index >= 15 is 0 Å². The van der Waals surface area contributed by atoms with Crippen molar-refractivity contribution in [3.8, 4) is 0 Å². The fourth-order valence-corrected chi connectivity index (χ4v) is 1.01. The first-order valence-corrected chi connectivity index (χ1v) is 3.74. The Balaban J connectivity index is 2.57. The van der Waals surface area contributed by atoms with Gasteiger partial charge >= 0.3 is 0 Å². The summed E-state index contributed by atoms with van der Waals surface area (Å²) in [4.78, 5) is 10.2. The van der Waals surface area contributed by atoms with Crippen LogP contribution >= 0.6 is 0 Å². The van der Waals surface area contributed by atoms with E-state index in [1.54, 1.807) is 0 Å². The quantitative estimate of drug-likeness (QED) is 0.589. The smallest absolute Gasteiger partial charge is 0.234 e. The first-order valence-electron chi connectivity index (χ1n) is 3.74. The Labute approximate surface area is 67.5 Å². The zero-order valence-corrected chi connectivity index (χ0v) is 6.58. The summed E-state index contributed by atoms with van der Waals surface area (Å²) in [7, 11) is 0. The first-order chi connectivity index (χ1) is 5.33. The monoisotopic (exact) mass is 145 g/mol. The summed E-state index contributed by atoms with van der Waals surface area (Å²) in [5.41, 5.74) is 1.20. The molecule has 55 valence electrons. The molecular formula is C9H10BO. The lowest BCUT2D eigenvalue weighted by molar-refractivity contribution is 0.567. The number of hydrogen-bond donors (Lipinski definition) is 0. The Morgan fingerprint density at radius 1 is 1.36 bits per heavy atom. The lowest BCUT2D eigenvalue weighted by atomic mass is 9.50. The number of carbonyl (C=O) groups excluding carboxylic acids is 1.